The maximum absolute atomic E-state index is 14.5. The number of benzene rings is 4. The van der Waals surface area contributed by atoms with Crippen molar-refractivity contribution in [2.24, 2.45) is 5.92 Å². The van der Waals surface area contributed by atoms with Gasteiger partial charge in [-0.05, 0) is 65.9 Å². The second-order valence-electron chi connectivity index (χ2n) is 11.3. The van der Waals surface area contributed by atoms with Gasteiger partial charge in [-0.2, -0.15) is 0 Å². The van der Waals surface area contributed by atoms with E-state index in [1.54, 1.807) is 54.6 Å². The number of hydrogen-bond acceptors (Lipinski definition) is 4. The topological polar surface area (TPSA) is 86.8 Å². The maximum atomic E-state index is 14.5. The summed E-state index contributed by atoms with van der Waals surface area (Å²) in [5.41, 5.74) is 2.59. The van der Waals surface area contributed by atoms with E-state index in [-0.39, 0.29) is 35.4 Å². The monoisotopic (exact) mass is 665 g/mol. The Balaban J connectivity index is 1.80. The number of amides is 2. The quantitative estimate of drug-likeness (QED) is 0.168. The number of carbonyl (C=O) groups is 2. The summed E-state index contributed by atoms with van der Waals surface area (Å²) >= 11 is 12.6. The predicted octanol–water partition coefficient (Wildman–Crippen LogP) is 6.91. The highest BCUT2D eigenvalue weighted by molar-refractivity contribution is 7.92. The minimum absolute atomic E-state index is 0.0225. The Morgan fingerprint density at radius 3 is 2.04 bits per heavy atom. The van der Waals surface area contributed by atoms with Crippen molar-refractivity contribution in [1.82, 2.24) is 10.2 Å². The van der Waals surface area contributed by atoms with E-state index in [1.165, 1.54) is 23.1 Å². The van der Waals surface area contributed by atoms with Crippen LogP contribution in [0, 0.1) is 12.8 Å². The van der Waals surface area contributed by atoms with Gasteiger partial charge in [0.2, 0.25) is 11.8 Å². The standard InChI is InChI=1S/C35H37Cl2N3O4S/c1-25(2)22-38-35(42)33(20-27-10-6-4-7-11-27)39(23-28-15-17-29(36)18-16-28)34(41)24-40(30-19-14-26(3)32(37)21-30)45(43,44)31-12-8-5-9-13-31/h4-19,21,25,33H,20,22-24H2,1-3H3,(H,38,42)/t33-/m0/s1. The molecule has 1 atom stereocenters. The van der Waals surface area contributed by atoms with E-state index in [0.29, 0.717) is 16.6 Å². The fourth-order valence-electron chi connectivity index (χ4n) is 4.75. The molecule has 1 N–H and O–H groups in total. The molecule has 0 aliphatic rings. The second kappa shape index (κ2) is 15.4. The Hall–Kier alpha value is -3.85. The molecule has 0 heterocycles. The summed E-state index contributed by atoms with van der Waals surface area (Å²) in [6.45, 7) is 5.70. The van der Waals surface area contributed by atoms with Crippen LogP contribution in [-0.4, -0.2) is 44.3 Å². The van der Waals surface area contributed by atoms with E-state index in [1.807, 2.05) is 51.1 Å². The molecule has 4 aromatic rings. The molecule has 236 valence electrons. The summed E-state index contributed by atoms with van der Waals surface area (Å²) in [7, 11) is -4.21. The zero-order chi connectivity index (χ0) is 32.6. The average molecular weight is 667 g/mol. The summed E-state index contributed by atoms with van der Waals surface area (Å²) < 4.78 is 29.2. The number of carbonyl (C=O) groups excluding carboxylic acids is 2. The molecule has 2 amide bonds. The normalized spacial score (nSPS) is 12.0. The van der Waals surface area contributed by atoms with E-state index in [2.05, 4.69) is 5.32 Å². The highest BCUT2D eigenvalue weighted by atomic mass is 35.5. The van der Waals surface area contributed by atoms with Crippen molar-refractivity contribution >= 4 is 50.7 Å². The highest BCUT2D eigenvalue weighted by Crippen LogP contribution is 2.29. The van der Waals surface area contributed by atoms with Gasteiger partial charge in [0, 0.05) is 29.6 Å². The summed E-state index contributed by atoms with van der Waals surface area (Å²) in [6.07, 6.45) is 0.228. The summed E-state index contributed by atoms with van der Waals surface area (Å²) in [5, 5.41) is 3.88. The van der Waals surface area contributed by atoms with E-state index >= 15 is 0 Å². The first-order valence-corrected chi connectivity index (χ1v) is 16.8. The number of halogens is 2. The van der Waals surface area contributed by atoms with Crippen LogP contribution in [-0.2, 0) is 32.6 Å². The molecular weight excluding hydrogens is 629 g/mol. The largest absolute Gasteiger partial charge is 0.354 e. The molecule has 0 saturated carbocycles. The van der Waals surface area contributed by atoms with Gasteiger partial charge in [-0.15, -0.1) is 0 Å². The Bertz CT molecular complexity index is 1700. The lowest BCUT2D eigenvalue weighted by molar-refractivity contribution is -0.140. The molecule has 4 aromatic carbocycles. The zero-order valence-electron chi connectivity index (χ0n) is 25.5. The van der Waals surface area contributed by atoms with Gasteiger partial charge in [-0.3, -0.25) is 13.9 Å². The van der Waals surface area contributed by atoms with Gasteiger partial charge < -0.3 is 10.2 Å². The Morgan fingerprint density at radius 2 is 1.44 bits per heavy atom. The van der Waals surface area contributed by atoms with Crippen molar-refractivity contribution in [3.63, 3.8) is 0 Å². The molecule has 0 fully saturated rings. The van der Waals surface area contributed by atoms with Gasteiger partial charge in [-0.1, -0.05) is 104 Å². The third kappa shape index (κ3) is 9.10. The van der Waals surface area contributed by atoms with Crippen molar-refractivity contribution < 1.29 is 18.0 Å². The van der Waals surface area contributed by atoms with Crippen LogP contribution in [0.4, 0.5) is 5.69 Å². The van der Waals surface area contributed by atoms with Crippen LogP contribution in [0.15, 0.2) is 108 Å². The van der Waals surface area contributed by atoms with E-state index < -0.39 is 28.5 Å². The number of hydrogen-bond donors (Lipinski definition) is 1. The molecule has 45 heavy (non-hydrogen) atoms. The number of nitrogens with zero attached hydrogens (tertiary/aromatic N) is 2. The van der Waals surface area contributed by atoms with Gasteiger partial charge in [0.15, 0.2) is 0 Å². The van der Waals surface area contributed by atoms with E-state index in [0.717, 1.165) is 21.0 Å². The fourth-order valence-corrected chi connectivity index (χ4v) is 6.48. The van der Waals surface area contributed by atoms with Crippen LogP contribution in [0.25, 0.3) is 0 Å². The van der Waals surface area contributed by atoms with Crippen LogP contribution in [0.1, 0.15) is 30.5 Å². The van der Waals surface area contributed by atoms with Crippen LogP contribution in [0.5, 0.6) is 0 Å². The molecule has 0 bridgehead atoms. The van der Waals surface area contributed by atoms with Gasteiger partial charge in [0.05, 0.1) is 10.6 Å². The maximum Gasteiger partial charge on any atom is 0.264 e. The van der Waals surface area contributed by atoms with E-state index in [9.17, 15) is 18.0 Å². The van der Waals surface area contributed by atoms with Crippen LogP contribution < -0.4 is 9.62 Å². The van der Waals surface area contributed by atoms with Crippen molar-refractivity contribution in [2.45, 2.75) is 44.7 Å². The molecule has 0 aromatic heterocycles. The SMILES string of the molecule is Cc1ccc(N(CC(=O)N(Cc2ccc(Cl)cc2)[C@@H](Cc2ccccc2)C(=O)NCC(C)C)S(=O)(=O)c2ccccc2)cc1Cl. The van der Waals surface area contributed by atoms with Crippen LogP contribution >= 0.6 is 23.2 Å². The minimum atomic E-state index is -4.21. The van der Waals surface area contributed by atoms with Gasteiger partial charge in [0.1, 0.15) is 12.6 Å². The lowest BCUT2D eigenvalue weighted by Gasteiger charge is -2.34. The summed E-state index contributed by atoms with van der Waals surface area (Å²) in [4.78, 5) is 29.8. The molecule has 0 aliphatic heterocycles. The van der Waals surface area contributed by atoms with Gasteiger partial charge in [-0.25, -0.2) is 8.42 Å². The number of rotatable bonds is 13. The number of sulfonamides is 1. The van der Waals surface area contributed by atoms with Crippen molar-refractivity contribution in [3.8, 4) is 0 Å². The van der Waals surface area contributed by atoms with Crippen molar-refractivity contribution in [1.29, 1.82) is 0 Å². The molecule has 0 spiro atoms. The average Bonchev–Trinajstić information content (AvgIpc) is 3.03. The number of aryl methyl sites for hydroxylation is 1. The molecule has 7 nitrogen and oxygen atoms in total. The molecule has 0 aliphatic carbocycles. The molecular formula is C35H37Cl2N3O4S. The third-order valence-electron chi connectivity index (χ3n) is 7.28. The van der Waals surface area contributed by atoms with Gasteiger partial charge in [0.25, 0.3) is 10.0 Å². The lowest BCUT2D eigenvalue weighted by Crippen LogP contribution is -2.53. The molecule has 4 rings (SSSR count). The van der Waals surface area contributed by atoms with Crippen molar-refractivity contribution in [2.75, 3.05) is 17.4 Å². The molecule has 10 heteroatoms. The Kier molecular flexibility index (Phi) is 11.7. The second-order valence-corrected chi connectivity index (χ2v) is 14.0. The first-order chi connectivity index (χ1) is 21.5. The lowest BCUT2D eigenvalue weighted by atomic mass is 10.0. The summed E-state index contributed by atoms with van der Waals surface area (Å²) in [5.74, 6) is -0.697. The predicted molar refractivity (Wildman–Crippen MR) is 181 cm³/mol. The van der Waals surface area contributed by atoms with Gasteiger partial charge >= 0.3 is 0 Å². The zero-order valence-corrected chi connectivity index (χ0v) is 27.8. The third-order valence-corrected chi connectivity index (χ3v) is 9.72. The first kappa shape index (κ1) is 34.0. The molecule has 0 radical (unpaired) electrons. The van der Waals surface area contributed by atoms with Crippen LogP contribution in [0.2, 0.25) is 10.0 Å². The number of anilines is 1. The first-order valence-electron chi connectivity index (χ1n) is 14.6. The number of nitrogens with one attached hydrogen (secondary N) is 1. The fraction of sp³-hybridized carbons (Fsp3) is 0.257. The molecule has 0 saturated heterocycles. The smallest absolute Gasteiger partial charge is 0.264 e. The molecule has 0 unspecified atom stereocenters. The van der Waals surface area contributed by atoms with Crippen molar-refractivity contribution in [3.05, 3.63) is 130 Å². The highest BCUT2D eigenvalue weighted by Gasteiger charge is 2.34. The van der Waals surface area contributed by atoms with Crippen LogP contribution in [0.3, 0.4) is 0 Å². The minimum Gasteiger partial charge on any atom is -0.354 e. The van der Waals surface area contributed by atoms with E-state index in [4.69, 9.17) is 23.2 Å². The Labute approximate surface area is 275 Å². The summed E-state index contributed by atoms with van der Waals surface area (Å²) in [6, 6.07) is 28.3. The Morgan fingerprint density at radius 1 is 0.822 bits per heavy atom.